The van der Waals surface area contributed by atoms with Crippen LogP contribution in [-0.2, 0) is 9.47 Å². The van der Waals surface area contributed by atoms with Gasteiger partial charge in [0.2, 0.25) is 0 Å². The zero-order chi connectivity index (χ0) is 15.0. The van der Waals surface area contributed by atoms with E-state index in [1.54, 1.807) is 26.2 Å². The zero-order valence-electron chi connectivity index (χ0n) is 11.8. The first-order valence-electron chi connectivity index (χ1n) is 6.47. The molecule has 0 aliphatic carbocycles. The summed E-state index contributed by atoms with van der Waals surface area (Å²) in [4.78, 5) is 0. The van der Waals surface area contributed by atoms with Crippen molar-refractivity contribution >= 4 is 0 Å². The second-order valence-electron chi connectivity index (χ2n) is 4.50. The number of aliphatic hydroxyl groups is 1. The van der Waals surface area contributed by atoms with Gasteiger partial charge in [-0.15, -0.1) is 0 Å². The van der Waals surface area contributed by atoms with E-state index in [1.807, 2.05) is 0 Å². The normalized spacial score (nSPS) is 14.1. The van der Waals surface area contributed by atoms with Crippen LogP contribution in [0.1, 0.15) is 18.5 Å². The topological polar surface area (TPSA) is 73.9 Å². The number of hydrogen-bond donors (Lipinski definition) is 2. The second-order valence-corrected chi connectivity index (χ2v) is 4.50. The molecule has 0 saturated heterocycles. The molecule has 6 heteroatoms. The van der Waals surface area contributed by atoms with Gasteiger partial charge in [0.25, 0.3) is 0 Å². The summed E-state index contributed by atoms with van der Waals surface area (Å²) in [5.74, 6) is -0.0637. The van der Waals surface area contributed by atoms with E-state index in [-0.39, 0.29) is 19.3 Å². The van der Waals surface area contributed by atoms with Crippen molar-refractivity contribution < 1.29 is 23.7 Å². The maximum absolute atomic E-state index is 13.7. The summed E-state index contributed by atoms with van der Waals surface area (Å²) in [5, 5.41) is 9.62. The van der Waals surface area contributed by atoms with E-state index in [0.29, 0.717) is 24.5 Å². The Morgan fingerprint density at radius 1 is 1.30 bits per heavy atom. The Hall–Kier alpha value is -1.21. The van der Waals surface area contributed by atoms with Gasteiger partial charge in [-0.05, 0) is 13.0 Å². The van der Waals surface area contributed by atoms with Gasteiger partial charge in [-0.2, -0.15) is 0 Å². The molecule has 3 N–H and O–H groups in total. The highest BCUT2D eigenvalue weighted by atomic mass is 19.1. The van der Waals surface area contributed by atoms with Crippen molar-refractivity contribution in [1.82, 2.24) is 0 Å². The number of halogens is 1. The Kier molecular flexibility index (Phi) is 7.46. The third-order valence-electron chi connectivity index (χ3n) is 2.65. The van der Waals surface area contributed by atoms with Crippen molar-refractivity contribution in [2.24, 2.45) is 5.73 Å². The lowest BCUT2D eigenvalue weighted by molar-refractivity contribution is -0.00423. The van der Waals surface area contributed by atoms with Crippen LogP contribution in [0.25, 0.3) is 0 Å². The number of methoxy groups -OCH3 is 1. The average molecular weight is 287 g/mol. The molecule has 0 aromatic heterocycles. The minimum atomic E-state index is -0.775. The number of hydrogen-bond acceptors (Lipinski definition) is 5. The van der Waals surface area contributed by atoms with Gasteiger partial charge in [0.1, 0.15) is 24.3 Å². The molecule has 0 aliphatic rings. The van der Waals surface area contributed by atoms with Gasteiger partial charge in [0.15, 0.2) is 0 Å². The molecular weight excluding hydrogens is 265 g/mol. The summed E-state index contributed by atoms with van der Waals surface area (Å²) in [6.07, 6.45) is -0.775. The van der Waals surface area contributed by atoms with E-state index >= 15 is 0 Å². The number of ether oxygens (including phenoxy) is 3. The number of aliphatic hydroxyl groups excluding tert-OH is 1. The standard InChI is InChI=1S/C14H22FNO4/c1-10(16)13-4-3-12(7-14(13)15)20-9-11(17)8-19-6-5-18-2/h3-4,7,10-11,17H,5-6,8-9,16H2,1-2H3. The Morgan fingerprint density at radius 2 is 2.05 bits per heavy atom. The second kappa shape index (κ2) is 8.86. The molecule has 0 saturated carbocycles. The highest BCUT2D eigenvalue weighted by Gasteiger charge is 2.10. The van der Waals surface area contributed by atoms with Crippen molar-refractivity contribution in [1.29, 1.82) is 0 Å². The Balaban J connectivity index is 2.36. The molecule has 0 aliphatic heterocycles. The highest BCUT2D eigenvalue weighted by molar-refractivity contribution is 5.30. The Labute approximate surface area is 118 Å². The van der Waals surface area contributed by atoms with E-state index in [0.717, 1.165) is 0 Å². The van der Waals surface area contributed by atoms with Crippen LogP contribution < -0.4 is 10.5 Å². The van der Waals surface area contributed by atoms with Crippen LogP contribution in [0.3, 0.4) is 0 Å². The summed E-state index contributed by atoms with van der Waals surface area (Å²) in [6.45, 7) is 2.76. The predicted molar refractivity (Wildman–Crippen MR) is 73.2 cm³/mol. The number of rotatable bonds is 9. The van der Waals surface area contributed by atoms with Gasteiger partial charge in [0.05, 0.1) is 19.8 Å². The van der Waals surface area contributed by atoms with Crippen molar-refractivity contribution in [3.63, 3.8) is 0 Å². The van der Waals surface area contributed by atoms with Gasteiger partial charge in [-0.25, -0.2) is 4.39 Å². The monoisotopic (exact) mass is 287 g/mol. The fourth-order valence-electron chi connectivity index (χ4n) is 1.57. The Morgan fingerprint density at radius 3 is 2.65 bits per heavy atom. The van der Waals surface area contributed by atoms with Crippen molar-refractivity contribution in [3.05, 3.63) is 29.6 Å². The van der Waals surface area contributed by atoms with Crippen LogP contribution >= 0.6 is 0 Å². The molecule has 0 heterocycles. The minimum Gasteiger partial charge on any atom is -0.491 e. The summed E-state index contributed by atoms with van der Waals surface area (Å²) in [7, 11) is 1.57. The molecule has 114 valence electrons. The first kappa shape index (κ1) is 16.8. The van der Waals surface area contributed by atoms with Gasteiger partial charge >= 0.3 is 0 Å². The van der Waals surface area contributed by atoms with E-state index in [9.17, 15) is 9.50 Å². The van der Waals surface area contributed by atoms with Crippen LogP contribution in [0.15, 0.2) is 18.2 Å². The van der Waals surface area contributed by atoms with Gasteiger partial charge in [-0.3, -0.25) is 0 Å². The van der Waals surface area contributed by atoms with E-state index < -0.39 is 11.9 Å². The lowest BCUT2D eigenvalue weighted by atomic mass is 10.1. The molecule has 20 heavy (non-hydrogen) atoms. The lowest BCUT2D eigenvalue weighted by Gasteiger charge is -2.14. The molecule has 0 fully saturated rings. The van der Waals surface area contributed by atoms with E-state index in [2.05, 4.69) is 0 Å². The maximum atomic E-state index is 13.7. The third-order valence-corrected chi connectivity index (χ3v) is 2.65. The summed E-state index contributed by atoms with van der Waals surface area (Å²) >= 11 is 0. The summed E-state index contributed by atoms with van der Waals surface area (Å²) < 4.78 is 28.9. The fraction of sp³-hybridized carbons (Fsp3) is 0.571. The molecule has 0 amide bonds. The zero-order valence-corrected chi connectivity index (χ0v) is 11.8. The molecule has 0 spiro atoms. The van der Waals surface area contributed by atoms with Gasteiger partial charge in [0, 0.05) is 24.8 Å². The first-order chi connectivity index (χ1) is 9.54. The highest BCUT2D eigenvalue weighted by Crippen LogP contribution is 2.20. The Bertz CT molecular complexity index is 401. The van der Waals surface area contributed by atoms with Crippen LogP contribution in [0.4, 0.5) is 4.39 Å². The molecule has 1 aromatic carbocycles. The fourth-order valence-corrected chi connectivity index (χ4v) is 1.57. The SMILES string of the molecule is COCCOCC(O)COc1ccc(C(C)N)c(F)c1. The quantitative estimate of drug-likeness (QED) is 0.669. The molecule has 0 bridgehead atoms. The molecule has 2 atom stereocenters. The number of benzene rings is 1. The van der Waals surface area contributed by atoms with Crippen LogP contribution in [0.2, 0.25) is 0 Å². The van der Waals surface area contributed by atoms with E-state index in [4.69, 9.17) is 19.9 Å². The largest absolute Gasteiger partial charge is 0.491 e. The van der Waals surface area contributed by atoms with Crippen molar-refractivity contribution in [3.8, 4) is 5.75 Å². The lowest BCUT2D eigenvalue weighted by Crippen LogP contribution is -2.24. The maximum Gasteiger partial charge on any atom is 0.131 e. The first-order valence-corrected chi connectivity index (χ1v) is 6.47. The molecule has 2 unspecified atom stereocenters. The summed E-state index contributed by atoms with van der Waals surface area (Å²) in [5.41, 5.74) is 6.05. The van der Waals surface area contributed by atoms with E-state index in [1.165, 1.54) is 6.07 Å². The van der Waals surface area contributed by atoms with Crippen molar-refractivity contribution in [2.75, 3.05) is 33.5 Å². The van der Waals surface area contributed by atoms with Crippen LogP contribution in [-0.4, -0.2) is 44.7 Å². The molecule has 1 rings (SSSR count). The smallest absolute Gasteiger partial charge is 0.131 e. The van der Waals surface area contributed by atoms with Crippen LogP contribution in [0.5, 0.6) is 5.75 Å². The minimum absolute atomic E-state index is 0.0317. The average Bonchev–Trinajstić information content (AvgIpc) is 2.41. The summed E-state index contributed by atoms with van der Waals surface area (Å²) in [6, 6.07) is 4.10. The predicted octanol–water partition coefficient (Wildman–Crippen LogP) is 1.25. The van der Waals surface area contributed by atoms with Gasteiger partial charge < -0.3 is 25.1 Å². The molecule has 0 radical (unpaired) electrons. The molecule has 1 aromatic rings. The van der Waals surface area contributed by atoms with Gasteiger partial charge in [-0.1, -0.05) is 6.07 Å². The molecule has 5 nitrogen and oxygen atoms in total. The van der Waals surface area contributed by atoms with Crippen LogP contribution in [0, 0.1) is 5.82 Å². The third kappa shape index (κ3) is 5.83. The number of nitrogens with two attached hydrogens (primary N) is 1. The molecular formula is C14H22FNO4. The van der Waals surface area contributed by atoms with Crippen molar-refractivity contribution in [2.45, 2.75) is 19.1 Å².